The standard InChI is InChI=1S/C21H27NO4S/c1-5-18(16-11-13-17(14-12-16)27(4,24)25)22-21(23)19(6-2)26-20-10-8-7-9-15(20)3/h7-14,18-19H,5-6H2,1-4H3,(H,22,23). The van der Waals surface area contributed by atoms with Crippen molar-refractivity contribution >= 4 is 15.7 Å². The summed E-state index contributed by atoms with van der Waals surface area (Å²) < 4.78 is 29.1. The molecule has 2 rings (SSSR count). The summed E-state index contributed by atoms with van der Waals surface area (Å²) >= 11 is 0. The minimum atomic E-state index is -3.24. The summed E-state index contributed by atoms with van der Waals surface area (Å²) in [6.07, 6.45) is 1.82. The smallest absolute Gasteiger partial charge is 0.261 e. The van der Waals surface area contributed by atoms with E-state index >= 15 is 0 Å². The molecular formula is C21H27NO4S. The van der Waals surface area contributed by atoms with Gasteiger partial charge in [0, 0.05) is 6.26 Å². The van der Waals surface area contributed by atoms with Gasteiger partial charge in [-0.3, -0.25) is 4.79 Å². The van der Waals surface area contributed by atoms with Crippen molar-refractivity contribution in [3.63, 3.8) is 0 Å². The number of ether oxygens (including phenoxy) is 1. The quantitative estimate of drug-likeness (QED) is 0.745. The molecule has 0 saturated carbocycles. The van der Waals surface area contributed by atoms with Crippen molar-refractivity contribution in [2.24, 2.45) is 0 Å². The van der Waals surface area contributed by atoms with Crippen LogP contribution < -0.4 is 10.1 Å². The van der Waals surface area contributed by atoms with Crippen molar-refractivity contribution in [1.82, 2.24) is 5.32 Å². The zero-order chi connectivity index (χ0) is 20.0. The van der Waals surface area contributed by atoms with E-state index in [1.54, 1.807) is 24.3 Å². The van der Waals surface area contributed by atoms with Crippen molar-refractivity contribution in [3.8, 4) is 5.75 Å². The molecule has 0 aliphatic heterocycles. The highest BCUT2D eigenvalue weighted by Crippen LogP contribution is 2.22. The Hall–Kier alpha value is -2.34. The fraction of sp³-hybridized carbons (Fsp3) is 0.381. The number of sulfone groups is 1. The van der Waals surface area contributed by atoms with E-state index in [4.69, 9.17) is 4.74 Å². The maximum absolute atomic E-state index is 12.7. The first kappa shape index (κ1) is 21.0. The molecule has 6 heteroatoms. The van der Waals surface area contributed by atoms with Crippen LogP contribution >= 0.6 is 0 Å². The van der Waals surface area contributed by atoms with Gasteiger partial charge in [-0.1, -0.05) is 44.2 Å². The normalized spacial score (nSPS) is 13.6. The van der Waals surface area contributed by atoms with E-state index in [1.165, 1.54) is 6.26 Å². The first-order chi connectivity index (χ1) is 12.8. The van der Waals surface area contributed by atoms with Crippen LogP contribution in [-0.2, 0) is 14.6 Å². The van der Waals surface area contributed by atoms with Crippen LogP contribution in [0.2, 0.25) is 0 Å². The molecule has 27 heavy (non-hydrogen) atoms. The van der Waals surface area contributed by atoms with Gasteiger partial charge >= 0.3 is 0 Å². The largest absolute Gasteiger partial charge is 0.480 e. The summed E-state index contributed by atoms with van der Waals surface area (Å²) in [5, 5.41) is 3.02. The van der Waals surface area contributed by atoms with Gasteiger partial charge in [0.1, 0.15) is 5.75 Å². The van der Waals surface area contributed by atoms with E-state index in [1.807, 2.05) is 45.0 Å². The zero-order valence-electron chi connectivity index (χ0n) is 16.2. The summed E-state index contributed by atoms with van der Waals surface area (Å²) in [5.74, 6) is 0.518. The Morgan fingerprint density at radius 3 is 2.19 bits per heavy atom. The van der Waals surface area contributed by atoms with Crippen LogP contribution in [0.15, 0.2) is 53.4 Å². The summed E-state index contributed by atoms with van der Waals surface area (Å²) in [4.78, 5) is 13.0. The fourth-order valence-corrected chi connectivity index (χ4v) is 3.43. The molecule has 0 aliphatic carbocycles. The van der Waals surface area contributed by atoms with E-state index in [0.29, 0.717) is 18.6 Å². The lowest BCUT2D eigenvalue weighted by Crippen LogP contribution is -2.40. The van der Waals surface area contributed by atoms with Gasteiger partial charge in [-0.2, -0.15) is 0 Å². The maximum atomic E-state index is 12.7. The third kappa shape index (κ3) is 5.57. The Morgan fingerprint density at radius 2 is 1.67 bits per heavy atom. The van der Waals surface area contributed by atoms with Crippen LogP contribution in [0.5, 0.6) is 5.75 Å². The number of para-hydroxylation sites is 1. The Balaban J connectivity index is 2.11. The molecule has 1 N–H and O–H groups in total. The molecule has 1 amide bonds. The molecule has 2 atom stereocenters. The summed E-state index contributed by atoms with van der Waals surface area (Å²) in [5.41, 5.74) is 1.84. The predicted molar refractivity (Wildman–Crippen MR) is 107 cm³/mol. The summed E-state index contributed by atoms with van der Waals surface area (Å²) in [7, 11) is -3.24. The molecule has 0 saturated heterocycles. The zero-order valence-corrected chi connectivity index (χ0v) is 17.0. The Bertz CT molecular complexity index is 875. The Morgan fingerprint density at radius 1 is 1.04 bits per heavy atom. The molecular weight excluding hydrogens is 362 g/mol. The van der Waals surface area contributed by atoms with E-state index in [0.717, 1.165) is 11.1 Å². The van der Waals surface area contributed by atoms with Crippen LogP contribution in [0, 0.1) is 6.92 Å². The van der Waals surface area contributed by atoms with Gasteiger partial charge in [0.2, 0.25) is 0 Å². The molecule has 2 aromatic rings. The van der Waals surface area contributed by atoms with Gasteiger partial charge in [-0.15, -0.1) is 0 Å². The van der Waals surface area contributed by atoms with Crippen LogP contribution in [0.1, 0.15) is 43.9 Å². The minimum absolute atomic E-state index is 0.181. The number of amides is 1. The van der Waals surface area contributed by atoms with Crippen molar-refractivity contribution in [1.29, 1.82) is 0 Å². The number of aryl methyl sites for hydroxylation is 1. The van der Waals surface area contributed by atoms with Crippen LogP contribution in [0.3, 0.4) is 0 Å². The van der Waals surface area contributed by atoms with Crippen molar-refractivity contribution < 1.29 is 17.9 Å². The molecule has 2 aromatic carbocycles. The number of benzene rings is 2. The number of carbonyl (C=O) groups excluding carboxylic acids is 1. The molecule has 0 aromatic heterocycles. The van der Waals surface area contributed by atoms with E-state index < -0.39 is 15.9 Å². The van der Waals surface area contributed by atoms with E-state index in [2.05, 4.69) is 5.32 Å². The highest BCUT2D eigenvalue weighted by atomic mass is 32.2. The maximum Gasteiger partial charge on any atom is 0.261 e. The average Bonchev–Trinajstić information content (AvgIpc) is 2.64. The molecule has 0 radical (unpaired) electrons. The molecule has 5 nitrogen and oxygen atoms in total. The average molecular weight is 390 g/mol. The fourth-order valence-electron chi connectivity index (χ4n) is 2.80. The second kappa shape index (κ2) is 9.04. The minimum Gasteiger partial charge on any atom is -0.480 e. The monoisotopic (exact) mass is 389 g/mol. The third-order valence-electron chi connectivity index (χ3n) is 4.46. The number of nitrogens with one attached hydrogen (secondary N) is 1. The van der Waals surface area contributed by atoms with Gasteiger partial charge in [0.05, 0.1) is 10.9 Å². The van der Waals surface area contributed by atoms with E-state index in [9.17, 15) is 13.2 Å². The highest BCUT2D eigenvalue weighted by Gasteiger charge is 2.22. The van der Waals surface area contributed by atoms with Crippen LogP contribution in [0.25, 0.3) is 0 Å². The van der Waals surface area contributed by atoms with Crippen LogP contribution in [0.4, 0.5) is 0 Å². The number of carbonyl (C=O) groups is 1. The van der Waals surface area contributed by atoms with Gasteiger partial charge < -0.3 is 10.1 Å². The molecule has 146 valence electrons. The van der Waals surface area contributed by atoms with Gasteiger partial charge in [0.15, 0.2) is 15.9 Å². The van der Waals surface area contributed by atoms with Gasteiger partial charge in [0.25, 0.3) is 5.91 Å². The van der Waals surface area contributed by atoms with Gasteiger partial charge in [-0.05, 0) is 49.1 Å². The lowest BCUT2D eigenvalue weighted by Gasteiger charge is -2.23. The SMILES string of the molecule is CCC(Oc1ccccc1C)C(=O)NC(CC)c1ccc(S(C)(=O)=O)cc1. The molecule has 0 bridgehead atoms. The van der Waals surface area contributed by atoms with Crippen molar-refractivity contribution in [2.45, 2.75) is 50.7 Å². The number of hydrogen-bond donors (Lipinski definition) is 1. The van der Waals surface area contributed by atoms with Gasteiger partial charge in [-0.25, -0.2) is 8.42 Å². The number of hydrogen-bond acceptors (Lipinski definition) is 4. The molecule has 0 fully saturated rings. The van der Waals surface area contributed by atoms with Crippen molar-refractivity contribution in [3.05, 3.63) is 59.7 Å². The Kier molecular flexibility index (Phi) is 7.02. The van der Waals surface area contributed by atoms with Crippen molar-refractivity contribution in [2.75, 3.05) is 6.26 Å². The topological polar surface area (TPSA) is 72.5 Å². The third-order valence-corrected chi connectivity index (χ3v) is 5.59. The lowest BCUT2D eigenvalue weighted by molar-refractivity contribution is -0.129. The molecule has 0 aliphatic rings. The second-order valence-electron chi connectivity index (χ2n) is 6.59. The second-order valence-corrected chi connectivity index (χ2v) is 8.61. The lowest BCUT2D eigenvalue weighted by atomic mass is 10.0. The summed E-state index contributed by atoms with van der Waals surface area (Å²) in [6, 6.07) is 14.0. The highest BCUT2D eigenvalue weighted by molar-refractivity contribution is 7.90. The summed E-state index contributed by atoms with van der Waals surface area (Å²) in [6.45, 7) is 5.82. The molecule has 2 unspecified atom stereocenters. The Labute approximate surface area is 161 Å². The first-order valence-electron chi connectivity index (χ1n) is 9.09. The number of rotatable bonds is 8. The molecule has 0 heterocycles. The first-order valence-corrected chi connectivity index (χ1v) is 11.0. The molecule has 0 spiro atoms. The predicted octanol–water partition coefficient (Wildman–Crippen LogP) is 3.82. The van der Waals surface area contributed by atoms with Crippen LogP contribution in [-0.4, -0.2) is 26.7 Å². The van der Waals surface area contributed by atoms with E-state index in [-0.39, 0.29) is 16.8 Å².